The first kappa shape index (κ1) is 13.1. The lowest BCUT2D eigenvalue weighted by molar-refractivity contribution is 0.458. The highest BCUT2D eigenvalue weighted by atomic mass is 79.9. The van der Waals surface area contributed by atoms with Gasteiger partial charge in [-0.3, -0.25) is 0 Å². The van der Waals surface area contributed by atoms with E-state index in [-0.39, 0.29) is 0 Å². The van der Waals surface area contributed by atoms with Gasteiger partial charge in [0.25, 0.3) is 0 Å². The highest BCUT2D eigenvalue weighted by Gasteiger charge is 2.05. The number of nitrogens with zero attached hydrogens (tertiary/aromatic N) is 1. The summed E-state index contributed by atoms with van der Waals surface area (Å²) >= 11 is 3.46. The molecule has 18 heavy (non-hydrogen) atoms. The number of aromatic nitrogens is 1. The third-order valence-electron chi connectivity index (χ3n) is 2.67. The zero-order valence-corrected chi connectivity index (χ0v) is 12.0. The molecule has 0 fully saturated rings. The minimum absolute atomic E-state index is 0.492. The molecule has 0 atom stereocenters. The van der Waals surface area contributed by atoms with Crippen molar-refractivity contribution in [2.75, 3.05) is 0 Å². The van der Waals surface area contributed by atoms with Gasteiger partial charge >= 0.3 is 0 Å². The molecule has 94 valence electrons. The van der Waals surface area contributed by atoms with E-state index in [9.17, 15) is 0 Å². The molecule has 2 aromatic rings. The Balaban J connectivity index is 2.25. The van der Waals surface area contributed by atoms with E-state index in [1.54, 1.807) is 6.20 Å². The summed E-state index contributed by atoms with van der Waals surface area (Å²) in [6.45, 7) is 4.48. The molecule has 2 rings (SSSR count). The van der Waals surface area contributed by atoms with Crippen LogP contribution in [0.5, 0.6) is 11.6 Å². The topological polar surface area (TPSA) is 48.1 Å². The van der Waals surface area contributed by atoms with Gasteiger partial charge < -0.3 is 10.5 Å². The Bertz CT molecular complexity index is 570. The average molecular weight is 307 g/mol. The lowest BCUT2D eigenvalue weighted by atomic mass is 10.2. The van der Waals surface area contributed by atoms with Crippen LogP contribution in [0.15, 0.2) is 34.9 Å². The number of nitrogens with two attached hydrogens (primary N) is 1. The molecular formula is C14H15BrN2O. The molecule has 1 aromatic carbocycles. The number of hydrogen-bond donors (Lipinski definition) is 1. The van der Waals surface area contributed by atoms with Crippen LogP contribution < -0.4 is 10.5 Å². The molecule has 0 spiro atoms. The average Bonchev–Trinajstić information content (AvgIpc) is 2.36. The van der Waals surface area contributed by atoms with E-state index in [2.05, 4.69) is 20.9 Å². The Morgan fingerprint density at radius 3 is 2.61 bits per heavy atom. The maximum absolute atomic E-state index is 5.77. The molecule has 3 nitrogen and oxygen atoms in total. The van der Waals surface area contributed by atoms with Crippen LogP contribution in [0.25, 0.3) is 0 Å². The number of aryl methyl sites for hydroxylation is 2. The first-order valence-electron chi connectivity index (χ1n) is 5.69. The first-order chi connectivity index (χ1) is 8.60. The molecule has 0 aliphatic carbocycles. The minimum Gasteiger partial charge on any atom is -0.439 e. The molecule has 0 bridgehead atoms. The number of halogens is 1. The van der Waals surface area contributed by atoms with Crippen molar-refractivity contribution in [1.82, 2.24) is 4.98 Å². The third kappa shape index (κ3) is 2.89. The fraction of sp³-hybridized carbons (Fsp3) is 0.214. The standard InChI is InChI=1S/C14H15BrN2O/c1-9-6-12(3-4-13(9)15)18-14-10(2)5-11(7-16)8-17-14/h3-6,8H,7,16H2,1-2H3. The van der Waals surface area contributed by atoms with Crippen LogP contribution in [0.2, 0.25) is 0 Å². The second-order valence-electron chi connectivity index (χ2n) is 4.18. The van der Waals surface area contributed by atoms with E-state index in [1.165, 1.54) is 0 Å². The Hall–Kier alpha value is -1.39. The number of ether oxygens (including phenoxy) is 1. The predicted molar refractivity (Wildman–Crippen MR) is 75.8 cm³/mol. The summed E-state index contributed by atoms with van der Waals surface area (Å²) in [6, 6.07) is 7.85. The number of benzene rings is 1. The van der Waals surface area contributed by atoms with Crippen molar-refractivity contribution < 1.29 is 4.74 Å². The summed E-state index contributed by atoms with van der Waals surface area (Å²) < 4.78 is 6.84. The van der Waals surface area contributed by atoms with E-state index in [4.69, 9.17) is 10.5 Å². The Morgan fingerprint density at radius 2 is 2.00 bits per heavy atom. The van der Waals surface area contributed by atoms with Crippen LogP contribution in [0.3, 0.4) is 0 Å². The SMILES string of the molecule is Cc1cc(Oc2ncc(CN)cc2C)ccc1Br. The molecule has 0 saturated heterocycles. The minimum atomic E-state index is 0.492. The van der Waals surface area contributed by atoms with E-state index in [1.807, 2.05) is 38.1 Å². The van der Waals surface area contributed by atoms with Gasteiger partial charge in [-0.1, -0.05) is 15.9 Å². The zero-order valence-electron chi connectivity index (χ0n) is 10.4. The summed E-state index contributed by atoms with van der Waals surface area (Å²) in [5.74, 6) is 1.40. The van der Waals surface area contributed by atoms with Crippen molar-refractivity contribution in [3.63, 3.8) is 0 Å². The maximum Gasteiger partial charge on any atom is 0.222 e. The van der Waals surface area contributed by atoms with Crippen molar-refractivity contribution in [1.29, 1.82) is 0 Å². The molecular weight excluding hydrogens is 292 g/mol. The first-order valence-corrected chi connectivity index (χ1v) is 6.49. The molecule has 0 aliphatic heterocycles. The summed E-state index contributed by atoms with van der Waals surface area (Å²) in [5, 5.41) is 0. The highest BCUT2D eigenvalue weighted by molar-refractivity contribution is 9.10. The molecule has 0 aliphatic rings. The lowest BCUT2D eigenvalue weighted by Gasteiger charge is -2.09. The zero-order chi connectivity index (χ0) is 13.1. The number of pyridine rings is 1. The van der Waals surface area contributed by atoms with Crippen molar-refractivity contribution in [3.8, 4) is 11.6 Å². The fourth-order valence-electron chi connectivity index (χ4n) is 1.63. The van der Waals surface area contributed by atoms with Crippen LogP contribution in [-0.4, -0.2) is 4.98 Å². The van der Waals surface area contributed by atoms with Crippen molar-refractivity contribution in [2.45, 2.75) is 20.4 Å². The van der Waals surface area contributed by atoms with Crippen LogP contribution in [0.1, 0.15) is 16.7 Å². The maximum atomic E-state index is 5.77. The van der Waals surface area contributed by atoms with Crippen LogP contribution >= 0.6 is 15.9 Å². The van der Waals surface area contributed by atoms with Gasteiger partial charge in [0.2, 0.25) is 5.88 Å². The summed E-state index contributed by atoms with van der Waals surface area (Å²) in [7, 11) is 0. The molecule has 0 amide bonds. The van der Waals surface area contributed by atoms with Gasteiger partial charge in [0.15, 0.2) is 0 Å². The largest absolute Gasteiger partial charge is 0.439 e. The summed E-state index contributed by atoms with van der Waals surface area (Å²) in [5.41, 5.74) is 8.69. The monoisotopic (exact) mass is 306 g/mol. The quantitative estimate of drug-likeness (QED) is 0.940. The van der Waals surface area contributed by atoms with E-state index in [0.29, 0.717) is 12.4 Å². The van der Waals surface area contributed by atoms with Crippen LogP contribution in [0, 0.1) is 13.8 Å². The van der Waals surface area contributed by atoms with Gasteiger partial charge in [-0.15, -0.1) is 0 Å². The number of hydrogen-bond acceptors (Lipinski definition) is 3. The Morgan fingerprint density at radius 1 is 1.22 bits per heavy atom. The van der Waals surface area contributed by atoms with Gasteiger partial charge in [-0.25, -0.2) is 4.98 Å². The van der Waals surface area contributed by atoms with Crippen LogP contribution in [-0.2, 0) is 6.54 Å². The highest BCUT2D eigenvalue weighted by Crippen LogP contribution is 2.27. The Labute approximate surface area is 115 Å². The summed E-state index contributed by atoms with van der Waals surface area (Å²) in [6.07, 6.45) is 1.74. The molecule has 0 unspecified atom stereocenters. The Kier molecular flexibility index (Phi) is 3.99. The third-order valence-corrected chi connectivity index (χ3v) is 3.56. The van der Waals surface area contributed by atoms with Gasteiger partial charge in [0.05, 0.1) is 0 Å². The van der Waals surface area contributed by atoms with E-state index in [0.717, 1.165) is 26.9 Å². The lowest BCUT2D eigenvalue weighted by Crippen LogP contribution is -1.99. The van der Waals surface area contributed by atoms with Gasteiger partial charge in [0.1, 0.15) is 5.75 Å². The van der Waals surface area contributed by atoms with Crippen molar-refractivity contribution in [3.05, 3.63) is 51.6 Å². The van der Waals surface area contributed by atoms with E-state index >= 15 is 0 Å². The van der Waals surface area contributed by atoms with Crippen molar-refractivity contribution >= 4 is 15.9 Å². The molecule has 1 heterocycles. The number of rotatable bonds is 3. The second kappa shape index (κ2) is 5.50. The molecule has 0 radical (unpaired) electrons. The fourth-order valence-corrected chi connectivity index (χ4v) is 1.88. The molecule has 2 N–H and O–H groups in total. The normalized spacial score (nSPS) is 10.4. The van der Waals surface area contributed by atoms with Gasteiger partial charge in [-0.05, 0) is 49.2 Å². The van der Waals surface area contributed by atoms with Gasteiger partial charge in [0, 0.05) is 22.8 Å². The summed E-state index contributed by atoms with van der Waals surface area (Å²) in [4.78, 5) is 4.28. The van der Waals surface area contributed by atoms with Crippen molar-refractivity contribution in [2.24, 2.45) is 5.73 Å². The smallest absolute Gasteiger partial charge is 0.222 e. The molecule has 0 saturated carbocycles. The van der Waals surface area contributed by atoms with E-state index < -0.39 is 0 Å². The van der Waals surface area contributed by atoms with Crippen LogP contribution in [0.4, 0.5) is 0 Å². The molecule has 4 heteroatoms. The molecule has 1 aromatic heterocycles. The van der Waals surface area contributed by atoms with Gasteiger partial charge in [-0.2, -0.15) is 0 Å². The second-order valence-corrected chi connectivity index (χ2v) is 5.04. The predicted octanol–water partition coefficient (Wildman–Crippen LogP) is 3.71.